The van der Waals surface area contributed by atoms with E-state index in [1.54, 1.807) is 24.3 Å². The summed E-state index contributed by atoms with van der Waals surface area (Å²) in [5.74, 6) is 0.822. The maximum atomic E-state index is 8.56. The van der Waals surface area contributed by atoms with Crippen molar-refractivity contribution in [1.29, 1.82) is 0 Å². The Hall–Kier alpha value is -2.05. The largest absolute Gasteiger partial charge is 0.492 e. The number of ether oxygens (including phenoxy) is 2. The zero-order valence-electron chi connectivity index (χ0n) is 12.3. The fraction of sp³-hybridized carbons (Fsp3) is 0.400. The molecule has 6 heteroatoms. The molecule has 0 aliphatic rings. The summed E-state index contributed by atoms with van der Waals surface area (Å²) in [6.07, 6.45) is 0. The first-order chi connectivity index (χ1) is 10.1. The number of hydrogen-bond donors (Lipinski definition) is 3. The van der Waals surface area contributed by atoms with E-state index in [0.29, 0.717) is 25.4 Å². The molecule has 0 fully saturated rings. The highest BCUT2D eigenvalue weighted by Crippen LogP contribution is 2.11. The standard InChI is InChI=1S/C15H23N3O3/c1-12(2)11-20-9-7-17-8-10-21-14-5-3-13(4-6-14)15(16)18-19/h3-6,17,19H,1,7-11H2,2H3,(H2,16,18). The van der Waals surface area contributed by atoms with Crippen molar-refractivity contribution in [3.8, 4) is 5.75 Å². The SMILES string of the molecule is C=C(C)COCCNCCOc1ccc(/C(N)=N/O)cc1. The van der Waals surface area contributed by atoms with E-state index in [2.05, 4.69) is 17.1 Å². The first-order valence-corrected chi connectivity index (χ1v) is 6.77. The van der Waals surface area contributed by atoms with Gasteiger partial charge in [0.1, 0.15) is 12.4 Å². The highest BCUT2D eigenvalue weighted by atomic mass is 16.5. The number of rotatable bonds is 10. The predicted molar refractivity (Wildman–Crippen MR) is 83.0 cm³/mol. The van der Waals surface area contributed by atoms with E-state index in [0.717, 1.165) is 24.4 Å². The third kappa shape index (κ3) is 7.34. The summed E-state index contributed by atoms with van der Waals surface area (Å²) in [6, 6.07) is 7.04. The van der Waals surface area contributed by atoms with Gasteiger partial charge < -0.3 is 25.7 Å². The Labute approximate surface area is 125 Å². The summed E-state index contributed by atoms with van der Waals surface area (Å²) >= 11 is 0. The molecular formula is C15H23N3O3. The topological polar surface area (TPSA) is 89.1 Å². The molecule has 1 rings (SSSR count). The number of benzene rings is 1. The summed E-state index contributed by atoms with van der Waals surface area (Å²) in [7, 11) is 0. The van der Waals surface area contributed by atoms with Gasteiger partial charge in [0.25, 0.3) is 0 Å². The first kappa shape index (κ1) is 17.0. The summed E-state index contributed by atoms with van der Waals surface area (Å²) in [4.78, 5) is 0. The zero-order valence-corrected chi connectivity index (χ0v) is 12.3. The van der Waals surface area contributed by atoms with E-state index >= 15 is 0 Å². The lowest BCUT2D eigenvalue weighted by Gasteiger charge is -2.08. The van der Waals surface area contributed by atoms with Gasteiger partial charge in [0.15, 0.2) is 5.84 Å². The molecule has 116 valence electrons. The minimum absolute atomic E-state index is 0.0815. The number of hydrogen-bond acceptors (Lipinski definition) is 5. The van der Waals surface area contributed by atoms with E-state index < -0.39 is 0 Å². The van der Waals surface area contributed by atoms with Gasteiger partial charge in [-0.3, -0.25) is 0 Å². The van der Waals surface area contributed by atoms with Crippen molar-refractivity contribution in [2.45, 2.75) is 6.92 Å². The van der Waals surface area contributed by atoms with Crippen LogP contribution in [0.3, 0.4) is 0 Å². The number of nitrogens with one attached hydrogen (secondary N) is 1. The van der Waals surface area contributed by atoms with E-state index in [1.807, 2.05) is 6.92 Å². The van der Waals surface area contributed by atoms with Crippen LogP contribution in [0.2, 0.25) is 0 Å². The van der Waals surface area contributed by atoms with Gasteiger partial charge in [0.05, 0.1) is 13.2 Å². The fourth-order valence-electron chi connectivity index (χ4n) is 1.54. The van der Waals surface area contributed by atoms with Gasteiger partial charge >= 0.3 is 0 Å². The Balaban J connectivity index is 2.11. The molecule has 0 aromatic heterocycles. The average molecular weight is 293 g/mol. The molecule has 1 aromatic carbocycles. The molecule has 0 aliphatic heterocycles. The second-order valence-corrected chi connectivity index (χ2v) is 4.62. The van der Waals surface area contributed by atoms with Crippen molar-refractivity contribution in [2.75, 3.05) is 32.9 Å². The summed E-state index contributed by atoms with van der Waals surface area (Å²) in [6.45, 7) is 9.03. The van der Waals surface area contributed by atoms with Gasteiger partial charge in [-0.05, 0) is 31.2 Å². The molecule has 0 unspecified atom stereocenters. The maximum absolute atomic E-state index is 8.56. The molecule has 0 saturated heterocycles. The van der Waals surface area contributed by atoms with Gasteiger partial charge in [-0.1, -0.05) is 17.3 Å². The monoisotopic (exact) mass is 293 g/mol. The van der Waals surface area contributed by atoms with Gasteiger partial charge in [-0.15, -0.1) is 0 Å². The molecule has 0 spiro atoms. The van der Waals surface area contributed by atoms with Gasteiger partial charge in [0, 0.05) is 18.7 Å². The number of amidine groups is 1. The minimum atomic E-state index is 0.0815. The third-order valence-electron chi connectivity index (χ3n) is 2.58. The van der Waals surface area contributed by atoms with Gasteiger partial charge in [0.2, 0.25) is 0 Å². The molecule has 6 nitrogen and oxygen atoms in total. The third-order valence-corrected chi connectivity index (χ3v) is 2.58. The molecule has 0 bridgehead atoms. The van der Waals surface area contributed by atoms with Crippen LogP contribution in [0.25, 0.3) is 0 Å². The molecule has 0 atom stereocenters. The highest BCUT2D eigenvalue weighted by Gasteiger charge is 1.99. The molecule has 21 heavy (non-hydrogen) atoms. The molecule has 0 heterocycles. The molecule has 0 radical (unpaired) electrons. The van der Waals surface area contributed by atoms with Crippen molar-refractivity contribution < 1.29 is 14.7 Å². The Bertz CT molecular complexity index is 458. The van der Waals surface area contributed by atoms with Crippen LogP contribution in [-0.4, -0.2) is 44.0 Å². The summed E-state index contributed by atoms with van der Waals surface area (Å²) < 4.78 is 10.9. The number of nitrogens with two attached hydrogens (primary N) is 1. The quantitative estimate of drug-likeness (QED) is 0.151. The van der Waals surface area contributed by atoms with Gasteiger partial charge in [-0.25, -0.2) is 0 Å². The summed E-state index contributed by atoms with van der Waals surface area (Å²) in [5.41, 5.74) is 7.15. The van der Waals surface area contributed by atoms with Crippen molar-refractivity contribution in [3.63, 3.8) is 0 Å². The Morgan fingerprint density at radius 3 is 2.57 bits per heavy atom. The lowest BCUT2D eigenvalue weighted by atomic mass is 10.2. The predicted octanol–water partition coefficient (Wildman–Crippen LogP) is 1.34. The number of oxime groups is 1. The van der Waals surface area contributed by atoms with Crippen LogP contribution in [0.4, 0.5) is 0 Å². The zero-order chi connectivity index (χ0) is 15.5. The average Bonchev–Trinajstić information content (AvgIpc) is 2.49. The smallest absolute Gasteiger partial charge is 0.170 e. The van der Waals surface area contributed by atoms with Crippen molar-refractivity contribution >= 4 is 5.84 Å². The molecule has 0 saturated carbocycles. The lowest BCUT2D eigenvalue weighted by Crippen LogP contribution is -2.25. The van der Waals surface area contributed by atoms with Crippen LogP contribution in [0.1, 0.15) is 12.5 Å². The molecule has 0 amide bonds. The van der Waals surface area contributed by atoms with Crippen LogP contribution < -0.4 is 15.8 Å². The second-order valence-electron chi connectivity index (χ2n) is 4.62. The highest BCUT2D eigenvalue weighted by molar-refractivity contribution is 5.97. The van der Waals surface area contributed by atoms with Crippen LogP contribution in [0, 0.1) is 0 Å². The van der Waals surface area contributed by atoms with Crippen molar-refractivity contribution in [2.24, 2.45) is 10.9 Å². The number of nitrogens with zero attached hydrogens (tertiary/aromatic N) is 1. The van der Waals surface area contributed by atoms with Crippen molar-refractivity contribution in [3.05, 3.63) is 42.0 Å². The summed E-state index contributed by atoms with van der Waals surface area (Å²) in [5, 5.41) is 14.7. The Kier molecular flexibility index (Phi) is 7.93. The van der Waals surface area contributed by atoms with Crippen LogP contribution in [0.5, 0.6) is 5.75 Å². The van der Waals surface area contributed by atoms with Crippen molar-refractivity contribution in [1.82, 2.24) is 5.32 Å². The maximum Gasteiger partial charge on any atom is 0.170 e. The molecule has 4 N–H and O–H groups in total. The van der Waals surface area contributed by atoms with E-state index in [9.17, 15) is 0 Å². The molecular weight excluding hydrogens is 270 g/mol. The van der Waals surface area contributed by atoms with E-state index in [4.69, 9.17) is 20.4 Å². The normalized spacial score (nSPS) is 11.4. The van der Waals surface area contributed by atoms with E-state index in [1.165, 1.54) is 0 Å². The van der Waals surface area contributed by atoms with Crippen LogP contribution >= 0.6 is 0 Å². The Morgan fingerprint density at radius 1 is 1.29 bits per heavy atom. The molecule has 1 aromatic rings. The Morgan fingerprint density at radius 2 is 1.95 bits per heavy atom. The second kappa shape index (κ2) is 9.79. The van der Waals surface area contributed by atoms with E-state index in [-0.39, 0.29) is 5.84 Å². The van der Waals surface area contributed by atoms with Crippen LogP contribution in [0.15, 0.2) is 41.6 Å². The fourth-order valence-corrected chi connectivity index (χ4v) is 1.54. The van der Waals surface area contributed by atoms with Crippen LogP contribution in [-0.2, 0) is 4.74 Å². The molecule has 0 aliphatic carbocycles. The van der Waals surface area contributed by atoms with Gasteiger partial charge in [-0.2, -0.15) is 0 Å². The lowest BCUT2D eigenvalue weighted by molar-refractivity contribution is 0.156. The first-order valence-electron chi connectivity index (χ1n) is 6.77. The minimum Gasteiger partial charge on any atom is -0.492 e.